The molecular weight excluding hydrogens is 303 g/mol. The Labute approximate surface area is 125 Å². The summed E-state index contributed by atoms with van der Waals surface area (Å²) < 4.78 is 42.9. The maximum absolute atomic E-state index is 12.5. The molecule has 0 aliphatic heterocycles. The molecule has 0 bridgehead atoms. The van der Waals surface area contributed by atoms with Crippen molar-refractivity contribution in [3.63, 3.8) is 0 Å². The van der Waals surface area contributed by atoms with E-state index < -0.39 is 11.7 Å². The molecule has 21 heavy (non-hydrogen) atoms. The molecule has 0 saturated heterocycles. The first-order valence-electron chi connectivity index (χ1n) is 6.17. The second-order valence-corrected chi connectivity index (χ2v) is 4.88. The molecule has 2 rings (SSSR count). The van der Waals surface area contributed by atoms with Crippen LogP contribution in [0.3, 0.4) is 0 Å². The number of halogens is 4. The minimum Gasteiger partial charge on any atom is -0.489 e. The Morgan fingerprint density at radius 1 is 1.05 bits per heavy atom. The number of ether oxygens (including phenoxy) is 1. The average Bonchev–Trinajstić information content (AvgIpc) is 2.45. The number of hydrogen-bond acceptors (Lipinski definition) is 2. The summed E-state index contributed by atoms with van der Waals surface area (Å²) in [4.78, 5) is 0. The summed E-state index contributed by atoms with van der Waals surface area (Å²) in [5.41, 5.74) is 6.32. The maximum Gasteiger partial charge on any atom is 0.416 e. The highest BCUT2D eigenvalue weighted by Gasteiger charge is 2.29. The second kappa shape index (κ2) is 6.37. The van der Waals surface area contributed by atoms with Gasteiger partial charge in [0.15, 0.2) is 0 Å². The van der Waals surface area contributed by atoms with Crippen LogP contribution in [0.5, 0.6) is 5.75 Å². The normalized spacial score (nSPS) is 11.5. The topological polar surface area (TPSA) is 35.2 Å². The molecule has 0 heterocycles. The van der Waals surface area contributed by atoms with E-state index in [4.69, 9.17) is 22.1 Å². The van der Waals surface area contributed by atoms with Crippen LogP contribution < -0.4 is 10.5 Å². The van der Waals surface area contributed by atoms with Gasteiger partial charge < -0.3 is 10.5 Å². The van der Waals surface area contributed by atoms with E-state index >= 15 is 0 Å². The summed E-state index contributed by atoms with van der Waals surface area (Å²) in [6.07, 6.45) is -4.33. The molecule has 2 aromatic carbocycles. The minimum atomic E-state index is -4.33. The molecule has 0 fully saturated rings. The van der Waals surface area contributed by atoms with Gasteiger partial charge in [-0.15, -0.1) is 0 Å². The number of nitrogens with two attached hydrogens (primary N) is 1. The molecule has 2 nitrogen and oxygen atoms in total. The fourth-order valence-electron chi connectivity index (χ4n) is 1.78. The Balaban J connectivity index is 2.08. The van der Waals surface area contributed by atoms with Gasteiger partial charge in [-0.2, -0.15) is 13.2 Å². The van der Waals surface area contributed by atoms with Crippen LogP contribution in [0.15, 0.2) is 42.5 Å². The second-order valence-electron chi connectivity index (χ2n) is 4.44. The molecule has 2 N–H and O–H groups in total. The van der Waals surface area contributed by atoms with Crippen LogP contribution in [0.1, 0.15) is 16.7 Å². The molecule has 0 spiro atoms. The van der Waals surface area contributed by atoms with E-state index in [1.165, 1.54) is 12.1 Å². The quantitative estimate of drug-likeness (QED) is 0.907. The zero-order chi connectivity index (χ0) is 15.5. The van der Waals surface area contributed by atoms with Crippen molar-refractivity contribution in [1.82, 2.24) is 0 Å². The molecule has 2 aromatic rings. The van der Waals surface area contributed by atoms with Crippen LogP contribution in [0.4, 0.5) is 13.2 Å². The summed E-state index contributed by atoms with van der Waals surface area (Å²) in [6, 6.07) is 9.92. The average molecular weight is 316 g/mol. The molecule has 0 aromatic heterocycles. The van der Waals surface area contributed by atoms with Crippen LogP contribution in [0.2, 0.25) is 5.02 Å². The fraction of sp³-hybridized carbons (Fsp3) is 0.200. The van der Waals surface area contributed by atoms with Crippen molar-refractivity contribution in [2.45, 2.75) is 19.3 Å². The Morgan fingerprint density at radius 3 is 2.29 bits per heavy atom. The molecule has 0 aliphatic carbocycles. The lowest BCUT2D eigenvalue weighted by molar-refractivity contribution is -0.137. The Kier molecular flexibility index (Phi) is 4.75. The first kappa shape index (κ1) is 15.7. The monoisotopic (exact) mass is 315 g/mol. The Bertz CT molecular complexity index is 611. The summed E-state index contributed by atoms with van der Waals surface area (Å²) >= 11 is 5.88. The van der Waals surface area contributed by atoms with E-state index in [0.717, 1.165) is 17.7 Å². The summed E-state index contributed by atoms with van der Waals surface area (Å²) in [6.45, 7) is 0.436. The van der Waals surface area contributed by atoms with Gasteiger partial charge in [0.1, 0.15) is 12.4 Å². The fourth-order valence-corrected chi connectivity index (χ4v) is 1.94. The minimum absolute atomic E-state index is 0.144. The molecule has 0 unspecified atom stereocenters. The molecular formula is C15H13ClF3NO. The predicted molar refractivity (Wildman–Crippen MR) is 75.1 cm³/mol. The van der Waals surface area contributed by atoms with E-state index in [9.17, 15) is 13.2 Å². The van der Waals surface area contributed by atoms with Crippen molar-refractivity contribution in [3.8, 4) is 5.75 Å². The molecule has 0 amide bonds. The summed E-state index contributed by atoms with van der Waals surface area (Å²) in [7, 11) is 0. The van der Waals surface area contributed by atoms with Crippen LogP contribution in [-0.4, -0.2) is 0 Å². The van der Waals surface area contributed by atoms with Crippen LogP contribution in [0, 0.1) is 0 Å². The first-order valence-corrected chi connectivity index (χ1v) is 6.55. The standard InChI is InChI=1S/C15H13ClF3NO/c16-13-6-3-11(8-20)14(7-13)21-9-10-1-4-12(5-2-10)15(17,18)19/h1-7H,8-9,20H2. The van der Waals surface area contributed by atoms with Crippen molar-refractivity contribution in [2.24, 2.45) is 5.73 Å². The first-order chi connectivity index (χ1) is 9.90. The van der Waals surface area contributed by atoms with Gasteiger partial charge in [0, 0.05) is 17.1 Å². The number of benzene rings is 2. The third-order valence-electron chi connectivity index (χ3n) is 2.92. The van der Waals surface area contributed by atoms with Gasteiger partial charge in [-0.25, -0.2) is 0 Å². The van der Waals surface area contributed by atoms with Crippen molar-refractivity contribution >= 4 is 11.6 Å². The van der Waals surface area contributed by atoms with E-state index in [1.807, 2.05) is 0 Å². The van der Waals surface area contributed by atoms with Gasteiger partial charge >= 0.3 is 6.18 Å². The molecule has 6 heteroatoms. The molecule has 0 atom stereocenters. The van der Waals surface area contributed by atoms with Crippen molar-refractivity contribution in [1.29, 1.82) is 0 Å². The summed E-state index contributed by atoms with van der Waals surface area (Å²) in [5.74, 6) is 0.532. The SMILES string of the molecule is NCc1ccc(Cl)cc1OCc1ccc(C(F)(F)F)cc1. The molecule has 0 radical (unpaired) electrons. The molecule has 0 aliphatic rings. The number of hydrogen-bond donors (Lipinski definition) is 1. The lowest BCUT2D eigenvalue weighted by atomic mass is 10.1. The van der Waals surface area contributed by atoms with Gasteiger partial charge in [-0.3, -0.25) is 0 Å². The van der Waals surface area contributed by atoms with Gasteiger partial charge in [-0.05, 0) is 29.8 Å². The molecule has 0 saturated carbocycles. The lowest BCUT2D eigenvalue weighted by Crippen LogP contribution is -2.06. The zero-order valence-corrected chi connectivity index (χ0v) is 11.7. The van der Waals surface area contributed by atoms with Crippen molar-refractivity contribution in [2.75, 3.05) is 0 Å². The van der Waals surface area contributed by atoms with E-state index in [1.54, 1.807) is 18.2 Å². The third-order valence-corrected chi connectivity index (χ3v) is 3.16. The predicted octanol–water partition coefficient (Wildman–Crippen LogP) is 4.40. The number of alkyl halides is 3. The van der Waals surface area contributed by atoms with E-state index in [0.29, 0.717) is 22.9 Å². The molecule has 112 valence electrons. The van der Waals surface area contributed by atoms with Crippen LogP contribution >= 0.6 is 11.6 Å². The van der Waals surface area contributed by atoms with Gasteiger partial charge in [0.2, 0.25) is 0 Å². The van der Waals surface area contributed by atoms with Crippen LogP contribution in [-0.2, 0) is 19.3 Å². The summed E-state index contributed by atoms with van der Waals surface area (Å²) in [5, 5.41) is 0.509. The van der Waals surface area contributed by atoms with Crippen molar-refractivity contribution < 1.29 is 17.9 Å². The smallest absolute Gasteiger partial charge is 0.416 e. The third kappa shape index (κ3) is 4.12. The van der Waals surface area contributed by atoms with Crippen molar-refractivity contribution in [3.05, 3.63) is 64.2 Å². The van der Waals surface area contributed by atoms with Crippen LogP contribution in [0.25, 0.3) is 0 Å². The van der Waals surface area contributed by atoms with Gasteiger partial charge in [0.25, 0.3) is 0 Å². The largest absolute Gasteiger partial charge is 0.489 e. The van der Waals surface area contributed by atoms with E-state index in [-0.39, 0.29) is 6.61 Å². The lowest BCUT2D eigenvalue weighted by Gasteiger charge is -2.12. The maximum atomic E-state index is 12.5. The van der Waals surface area contributed by atoms with Gasteiger partial charge in [0.05, 0.1) is 5.56 Å². The Hall–Kier alpha value is -1.72. The highest BCUT2D eigenvalue weighted by atomic mass is 35.5. The number of rotatable bonds is 4. The van der Waals surface area contributed by atoms with E-state index in [2.05, 4.69) is 0 Å². The van der Waals surface area contributed by atoms with Gasteiger partial charge in [-0.1, -0.05) is 29.8 Å². The highest BCUT2D eigenvalue weighted by Crippen LogP contribution is 2.29. The highest BCUT2D eigenvalue weighted by molar-refractivity contribution is 6.30. The zero-order valence-electron chi connectivity index (χ0n) is 11.0. The Morgan fingerprint density at radius 2 is 1.71 bits per heavy atom.